The highest BCUT2D eigenvalue weighted by molar-refractivity contribution is 6.77. The van der Waals surface area contributed by atoms with E-state index in [4.69, 9.17) is 4.43 Å². The van der Waals surface area contributed by atoms with Gasteiger partial charge in [-0.1, -0.05) is 48.1 Å². The quantitative estimate of drug-likeness (QED) is 0.501. The molecule has 0 aliphatic heterocycles. The van der Waals surface area contributed by atoms with E-state index >= 15 is 0 Å². The highest BCUT2D eigenvalue weighted by Crippen LogP contribution is 2.42. The van der Waals surface area contributed by atoms with Gasteiger partial charge in [0, 0.05) is 0 Å². The topological polar surface area (TPSA) is 26.3 Å². The predicted octanol–water partition coefficient (Wildman–Crippen LogP) is 4.32. The largest absolute Gasteiger partial charge is 0.406 e. The van der Waals surface area contributed by atoms with Crippen LogP contribution in [0.15, 0.2) is 12.7 Å². The lowest BCUT2D eigenvalue weighted by Crippen LogP contribution is -2.50. The van der Waals surface area contributed by atoms with E-state index in [9.17, 15) is 4.79 Å². The second kappa shape index (κ2) is 6.50. The summed E-state index contributed by atoms with van der Waals surface area (Å²) in [6, 6.07) is 0. The Balaban J connectivity index is 5.19. The van der Waals surface area contributed by atoms with Gasteiger partial charge in [-0.2, -0.15) is 0 Å². The van der Waals surface area contributed by atoms with E-state index in [0.29, 0.717) is 16.6 Å². The van der Waals surface area contributed by atoms with Gasteiger partial charge in [-0.3, -0.25) is 4.79 Å². The molecule has 0 fully saturated rings. The van der Waals surface area contributed by atoms with E-state index in [2.05, 4.69) is 48.1 Å². The number of hydrogen-bond donors (Lipinski definition) is 0. The molecule has 17 heavy (non-hydrogen) atoms. The molecule has 0 aromatic heterocycles. The summed E-state index contributed by atoms with van der Waals surface area (Å²) in [6.07, 6.45) is 1.01. The van der Waals surface area contributed by atoms with Crippen molar-refractivity contribution < 1.29 is 9.22 Å². The normalized spacial score (nSPS) is 14.5. The van der Waals surface area contributed by atoms with Crippen LogP contribution in [0, 0.1) is 0 Å². The Hall–Kier alpha value is -0.413. The van der Waals surface area contributed by atoms with Crippen molar-refractivity contribution in [3.63, 3.8) is 0 Å². The summed E-state index contributed by atoms with van der Waals surface area (Å²) in [5.41, 5.74) is 1.51. The lowest BCUT2D eigenvalue weighted by Gasteiger charge is -2.43. The molecule has 1 atom stereocenters. The molecule has 0 saturated heterocycles. The highest BCUT2D eigenvalue weighted by Gasteiger charge is 2.46. The minimum atomic E-state index is -1.94. The van der Waals surface area contributed by atoms with Crippen LogP contribution >= 0.6 is 0 Å². The maximum absolute atomic E-state index is 11.6. The summed E-state index contributed by atoms with van der Waals surface area (Å²) >= 11 is 0. The van der Waals surface area contributed by atoms with Crippen molar-refractivity contribution >= 4 is 14.1 Å². The summed E-state index contributed by atoms with van der Waals surface area (Å²) < 4.78 is 6.29. The fourth-order valence-electron chi connectivity index (χ4n) is 2.94. The summed E-state index contributed by atoms with van der Waals surface area (Å²) in [6.45, 7) is 18.7. The Morgan fingerprint density at radius 1 is 1.00 bits per heavy atom. The van der Waals surface area contributed by atoms with Crippen molar-refractivity contribution in [1.29, 1.82) is 0 Å². The van der Waals surface area contributed by atoms with Gasteiger partial charge in [0.2, 0.25) is 8.32 Å². The molecule has 2 nitrogen and oxygen atoms in total. The average molecular weight is 256 g/mol. The van der Waals surface area contributed by atoms with Crippen molar-refractivity contribution in [3.8, 4) is 0 Å². The zero-order chi connectivity index (χ0) is 13.8. The predicted molar refractivity (Wildman–Crippen MR) is 76.8 cm³/mol. The first-order chi connectivity index (χ1) is 7.70. The molecule has 0 rings (SSSR count). The van der Waals surface area contributed by atoms with Crippen molar-refractivity contribution in [2.45, 2.75) is 71.2 Å². The summed E-state index contributed by atoms with van der Waals surface area (Å²) in [7, 11) is -1.94. The van der Waals surface area contributed by atoms with Crippen LogP contribution in [-0.2, 0) is 9.22 Å². The van der Waals surface area contributed by atoms with Gasteiger partial charge in [-0.05, 0) is 29.6 Å². The van der Waals surface area contributed by atoms with Crippen molar-refractivity contribution in [3.05, 3.63) is 12.7 Å². The first-order valence-electron chi connectivity index (χ1n) is 6.54. The van der Waals surface area contributed by atoms with Crippen LogP contribution in [0.25, 0.3) is 0 Å². The second-order valence-corrected chi connectivity index (χ2v) is 11.1. The Labute approximate surface area is 108 Å². The zero-order valence-corrected chi connectivity index (χ0v) is 13.4. The third-order valence-electron chi connectivity index (χ3n) is 3.69. The minimum Gasteiger partial charge on any atom is -0.406 e. The van der Waals surface area contributed by atoms with Gasteiger partial charge in [0.1, 0.15) is 6.10 Å². The smallest absolute Gasteiger partial charge is 0.201 e. The molecule has 0 unspecified atom stereocenters. The van der Waals surface area contributed by atoms with Crippen molar-refractivity contribution in [2.75, 3.05) is 0 Å². The molecule has 100 valence electrons. The molecule has 0 aliphatic carbocycles. The molecular weight excluding hydrogens is 228 g/mol. The van der Waals surface area contributed by atoms with Crippen LogP contribution in [0.1, 0.15) is 48.5 Å². The monoisotopic (exact) mass is 256 g/mol. The zero-order valence-electron chi connectivity index (χ0n) is 12.4. The molecule has 0 radical (unpaired) electrons. The van der Waals surface area contributed by atoms with Crippen LogP contribution in [0.3, 0.4) is 0 Å². The van der Waals surface area contributed by atoms with E-state index in [1.165, 1.54) is 6.08 Å². The van der Waals surface area contributed by atoms with Crippen LogP contribution in [-0.4, -0.2) is 20.2 Å². The van der Waals surface area contributed by atoms with Crippen molar-refractivity contribution in [1.82, 2.24) is 0 Å². The lowest BCUT2D eigenvalue weighted by atomic mass is 10.3. The molecule has 0 N–H and O–H groups in total. The molecule has 3 heteroatoms. The first-order valence-corrected chi connectivity index (χ1v) is 8.68. The summed E-state index contributed by atoms with van der Waals surface area (Å²) in [5.74, 6) is -0.0103. The molecule has 0 aromatic rings. The molecule has 0 saturated carbocycles. The molecule has 0 aromatic carbocycles. The van der Waals surface area contributed by atoms with Crippen LogP contribution in [0.5, 0.6) is 0 Å². The van der Waals surface area contributed by atoms with Crippen LogP contribution in [0.2, 0.25) is 16.6 Å². The lowest BCUT2D eigenvalue weighted by molar-refractivity contribution is -0.120. The SMILES string of the molecule is C=CC(=O)[C@H](C)O[Si](C(C)C)(C(C)C)C(C)C. The Bertz CT molecular complexity index is 248. The van der Waals surface area contributed by atoms with E-state index in [1.807, 2.05) is 6.92 Å². The highest BCUT2D eigenvalue weighted by atomic mass is 28.4. The molecule has 0 spiro atoms. The van der Waals surface area contributed by atoms with Crippen LogP contribution in [0.4, 0.5) is 0 Å². The molecule has 0 heterocycles. The molecule has 0 bridgehead atoms. The van der Waals surface area contributed by atoms with Gasteiger partial charge in [-0.15, -0.1) is 0 Å². The number of ketones is 1. The summed E-state index contributed by atoms with van der Waals surface area (Å²) in [5, 5.41) is 0. The van der Waals surface area contributed by atoms with Gasteiger partial charge in [0.05, 0.1) is 0 Å². The second-order valence-electron chi connectivity index (χ2n) is 5.68. The van der Waals surface area contributed by atoms with Gasteiger partial charge in [0.15, 0.2) is 5.78 Å². The van der Waals surface area contributed by atoms with Gasteiger partial charge in [0.25, 0.3) is 0 Å². The fourth-order valence-corrected chi connectivity index (χ4v) is 8.48. The Morgan fingerprint density at radius 3 is 1.59 bits per heavy atom. The van der Waals surface area contributed by atoms with E-state index in [0.717, 1.165) is 0 Å². The van der Waals surface area contributed by atoms with E-state index in [1.54, 1.807) is 0 Å². The maximum Gasteiger partial charge on any atom is 0.201 e. The standard InChI is InChI=1S/C14H28O2Si/c1-9-14(15)13(8)16-17(10(2)3,11(4)5)12(6)7/h9-13H,1H2,2-8H3/t13-/m0/s1. The van der Waals surface area contributed by atoms with Crippen molar-refractivity contribution in [2.24, 2.45) is 0 Å². The fraction of sp³-hybridized carbons (Fsp3) is 0.786. The summed E-state index contributed by atoms with van der Waals surface area (Å²) in [4.78, 5) is 11.6. The maximum atomic E-state index is 11.6. The Morgan fingerprint density at radius 2 is 1.35 bits per heavy atom. The average Bonchev–Trinajstić information content (AvgIpc) is 2.22. The minimum absolute atomic E-state index is 0.0103. The Kier molecular flexibility index (Phi) is 6.34. The third-order valence-corrected chi connectivity index (χ3v) is 9.87. The first kappa shape index (κ1) is 16.6. The molecule has 0 amide bonds. The van der Waals surface area contributed by atoms with Gasteiger partial charge in [-0.25, -0.2) is 0 Å². The number of carbonyl (C=O) groups is 1. The third kappa shape index (κ3) is 3.52. The molecule has 0 aliphatic rings. The number of hydrogen-bond acceptors (Lipinski definition) is 2. The van der Waals surface area contributed by atoms with Crippen LogP contribution < -0.4 is 0 Å². The van der Waals surface area contributed by atoms with E-state index in [-0.39, 0.29) is 11.9 Å². The molecular formula is C14H28O2Si. The van der Waals surface area contributed by atoms with Gasteiger partial charge < -0.3 is 4.43 Å². The number of rotatable bonds is 7. The number of carbonyl (C=O) groups excluding carboxylic acids is 1. The van der Waals surface area contributed by atoms with E-state index < -0.39 is 8.32 Å². The van der Waals surface area contributed by atoms with Gasteiger partial charge >= 0.3 is 0 Å².